The van der Waals surface area contributed by atoms with E-state index in [0.717, 1.165) is 53.4 Å². The van der Waals surface area contributed by atoms with Crippen LogP contribution in [0.15, 0.2) is 67.0 Å². The number of rotatable bonds is 7. The van der Waals surface area contributed by atoms with Gasteiger partial charge in [-0.3, -0.25) is 4.40 Å². The molecule has 1 aliphatic heterocycles. The molecule has 0 radical (unpaired) electrons. The van der Waals surface area contributed by atoms with Gasteiger partial charge in [0.2, 0.25) is 0 Å². The van der Waals surface area contributed by atoms with Gasteiger partial charge in [0.05, 0.1) is 6.10 Å². The van der Waals surface area contributed by atoms with Crippen LogP contribution in [0.4, 0.5) is 10.6 Å². The lowest BCUT2D eigenvalue weighted by atomic mass is 9.89. The highest BCUT2D eigenvalue weighted by Crippen LogP contribution is 2.37. The number of benzene rings is 2. The molecule has 1 saturated carbocycles. The quantitative estimate of drug-likeness (QED) is 0.260. The van der Waals surface area contributed by atoms with Crippen LogP contribution in [-0.4, -0.2) is 44.8 Å². The Kier molecular flexibility index (Phi) is 9.13. The van der Waals surface area contributed by atoms with Crippen molar-refractivity contribution in [1.29, 1.82) is 0 Å². The van der Waals surface area contributed by atoms with Crippen LogP contribution in [0.1, 0.15) is 62.3 Å². The van der Waals surface area contributed by atoms with Crippen LogP contribution in [0.25, 0.3) is 16.8 Å². The molecule has 9 heteroatoms. The van der Waals surface area contributed by atoms with E-state index in [4.69, 9.17) is 25.3 Å². The Morgan fingerprint density at radius 2 is 1.90 bits per heavy atom. The zero-order valence-electron chi connectivity index (χ0n) is 22.7. The molecule has 1 aliphatic carbocycles. The standard InChI is InChI=1S/C25H26N4O.C6H11NO3/c26-24-23-22(28-25(29(23)15-14-27-24)19-10-5-2-6-11-19)20-12-7-13-21(16-20)30-17-18-8-3-1-4-9-18;8-6(9)7-4-5-2-1-3-10-5/h1,3-4,7-9,12-16,19H,2,5-6,10-11,17H2,(H2,26,27);5,7H,1-4H2,(H,8,9). The zero-order chi connectivity index (χ0) is 27.7. The summed E-state index contributed by atoms with van der Waals surface area (Å²) in [5, 5.41) is 10.5. The number of nitrogens with one attached hydrogen (secondary N) is 1. The molecule has 2 fully saturated rings. The molecule has 4 aromatic rings. The van der Waals surface area contributed by atoms with Crippen LogP contribution in [0.3, 0.4) is 0 Å². The summed E-state index contributed by atoms with van der Waals surface area (Å²) >= 11 is 0. The molecule has 2 aromatic carbocycles. The Labute approximate surface area is 234 Å². The highest BCUT2D eigenvalue weighted by atomic mass is 16.5. The number of nitrogen functional groups attached to an aromatic ring is 1. The summed E-state index contributed by atoms with van der Waals surface area (Å²) in [7, 11) is 0. The average Bonchev–Trinajstić information content (AvgIpc) is 3.66. The summed E-state index contributed by atoms with van der Waals surface area (Å²) in [5.41, 5.74) is 10.2. The van der Waals surface area contributed by atoms with Crippen LogP contribution < -0.4 is 15.8 Å². The molecule has 0 bridgehead atoms. The number of aromatic nitrogens is 3. The van der Waals surface area contributed by atoms with E-state index < -0.39 is 6.09 Å². The SMILES string of the molecule is Nc1nccn2c(C3CCCCC3)nc(-c3cccc(OCc4ccccc4)c3)c12.O=C(O)NCC1CCCO1. The Hall–Kier alpha value is -4.11. The largest absolute Gasteiger partial charge is 0.489 e. The summed E-state index contributed by atoms with van der Waals surface area (Å²) in [6.45, 7) is 1.73. The first kappa shape index (κ1) is 27.5. The number of carboxylic acid groups (broad SMARTS) is 1. The topological polar surface area (TPSA) is 124 Å². The number of carbonyl (C=O) groups is 1. The third kappa shape index (κ3) is 6.90. The molecule has 1 atom stereocenters. The van der Waals surface area contributed by atoms with Crippen molar-refractivity contribution in [2.24, 2.45) is 0 Å². The van der Waals surface area contributed by atoms with E-state index >= 15 is 0 Å². The average molecular weight is 544 g/mol. The number of imidazole rings is 1. The normalized spacial score (nSPS) is 17.2. The van der Waals surface area contributed by atoms with Gasteiger partial charge >= 0.3 is 6.09 Å². The second kappa shape index (κ2) is 13.3. The fraction of sp³-hybridized carbons (Fsp3) is 0.387. The summed E-state index contributed by atoms with van der Waals surface area (Å²) in [6, 6.07) is 18.3. The van der Waals surface area contributed by atoms with E-state index in [1.54, 1.807) is 6.20 Å². The number of anilines is 1. The van der Waals surface area contributed by atoms with Gasteiger partial charge in [0.25, 0.3) is 0 Å². The molecule has 9 nitrogen and oxygen atoms in total. The predicted octanol–water partition coefficient (Wildman–Crippen LogP) is 6.04. The van der Waals surface area contributed by atoms with E-state index in [9.17, 15) is 4.79 Å². The molecule has 2 aliphatic rings. The molecule has 210 valence electrons. The minimum Gasteiger partial charge on any atom is -0.489 e. The second-order valence-corrected chi connectivity index (χ2v) is 10.3. The van der Waals surface area contributed by atoms with Crippen molar-refractivity contribution in [3.63, 3.8) is 0 Å². The maximum absolute atomic E-state index is 9.99. The molecule has 4 N–H and O–H groups in total. The molecule has 2 aromatic heterocycles. The van der Waals surface area contributed by atoms with Gasteiger partial charge < -0.3 is 25.6 Å². The Balaban J connectivity index is 0.000000274. The Bertz CT molecular complexity index is 1400. The summed E-state index contributed by atoms with van der Waals surface area (Å²) in [4.78, 5) is 19.4. The van der Waals surface area contributed by atoms with E-state index in [1.165, 1.54) is 32.1 Å². The summed E-state index contributed by atoms with van der Waals surface area (Å²) in [6.07, 6.45) is 11.1. The van der Waals surface area contributed by atoms with E-state index in [-0.39, 0.29) is 6.10 Å². The van der Waals surface area contributed by atoms with Crippen molar-refractivity contribution in [2.45, 2.75) is 63.6 Å². The second-order valence-electron chi connectivity index (χ2n) is 10.3. The smallest absolute Gasteiger partial charge is 0.404 e. The van der Waals surface area contributed by atoms with Crippen molar-refractivity contribution in [1.82, 2.24) is 19.7 Å². The van der Waals surface area contributed by atoms with Gasteiger partial charge in [0.15, 0.2) is 0 Å². The van der Waals surface area contributed by atoms with Crippen molar-refractivity contribution in [3.05, 3.63) is 78.4 Å². The summed E-state index contributed by atoms with van der Waals surface area (Å²) < 4.78 is 13.4. The van der Waals surface area contributed by atoms with Gasteiger partial charge in [-0.05, 0) is 43.4 Å². The lowest BCUT2D eigenvalue weighted by Crippen LogP contribution is -2.30. The summed E-state index contributed by atoms with van der Waals surface area (Å²) in [5.74, 6) is 2.90. The Morgan fingerprint density at radius 3 is 2.65 bits per heavy atom. The number of ether oxygens (including phenoxy) is 2. The molecule has 1 unspecified atom stereocenters. The molecular formula is C31H37N5O4. The Morgan fingerprint density at radius 1 is 1.07 bits per heavy atom. The van der Waals surface area contributed by atoms with Crippen LogP contribution in [0.2, 0.25) is 0 Å². The fourth-order valence-electron chi connectivity index (χ4n) is 5.42. The number of hydrogen-bond donors (Lipinski definition) is 3. The number of fused-ring (bicyclic) bond motifs is 1. The minimum atomic E-state index is -0.976. The van der Waals surface area contributed by atoms with Gasteiger partial charge in [-0.2, -0.15) is 0 Å². The maximum Gasteiger partial charge on any atom is 0.404 e. The molecule has 0 spiro atoms. The zero-order valence-corrected chi connectivity index (χ0v) is 22.7. The number of amides is 1. The van der Waals surface area contributed by atoms with Crippen LogP contribution >= 0.6 is 0 Å². The van der Waals surface area contributed by atoms with Gasteiger partial charge in [0, 0.05) is 37.0 Å². The number of nitrogens with two attached hydrogens (primary N) is 1. The molecular weight excluding hydrogens is 506 g/mol. The monoisotopic (exact) mass is 543 g/mol. The van der Waals surface area contributed by atoms with Crippen molar-refractivity contribution in [3.8, 4) is 17.0 Å². The first-order chi connectivity index (χ1) is 19.6. The number of hydrogen-bond acceptors (Lipinski definition) is 6. The van der Waals surface area contributed by atoms with E-state index in [0.29, 0.717) is 24.9 Å². The first-order valence-electron chi connectivity index (χ1n) is 14.1. The molecule has 1 saturated heterocycles. The van der Waals surface area contributed by atoms with Gasteiger partial charge in [0.1, 0.15) is 35.2 Å². The van der Waals surface area contributed by atoms with Crippen molar-refractivity contribution >= 4 is 17.4 Å². The minimum absolute atomic E-state index is 0.107. The number of nitrogens with zero attached hydrogens (tertiary/aromatic N) is 3. The van der Waals surface area contributed by atoms with Crippen LogP contribution in [-0.2, 0) is 11.3 Å². The molecule has 3 heterocycles. The third-order valence-corrected chi connectivity index (χ3v) is 7.44. The third-order valence-electron chi connectivity index (χ3n) is 7.44. The first-order valence-corrected chi connectivity index (χ1v) is 14.1. The van der Waals surface area contributed by atoms with Gasteiger partial charge in [-0.25, -0.2) is 14.8 Å². The fourth-order valence-corrected chi connectivity index (χ4v) is 5.42. The van der Waals surface area contributed by atoms with E-state index in [2.05, 4.69) is 32.9 Å². The molecule has 40 heavy (non-hydrogen) atoms. The van der Waals surface area contributed by atoms with Crippen molar-refractivity contribution in [2.75, 3.05) is 18.9 Å². The molecule has 1 amide bonds. The lowest BCUT2D eigenvalue weighted by molar-refractivity contribution is 0.108. The van der Waals surface area contributed by atoms with E-state index in [1.807, 2.05) is 42.6 Å². The van der Waals surface area contributed by atoms with Gasteiger partial charge in [-0.15, -0.1) is 0 Å². The lowest BCUT2D eigenvalue weighted by Gasteiger charge is -2.20. The highest BCUT2D eigenvalue weighted by Gasteiger charge is 2.24. The van der Waals surface area contributed by atoms with Crippen LogP contribution in [0, 0.1) is 0 Å². The van der Waals surface area contributed by atoms with Crippen LogP contribution in [0.5, 0.6) is 5.75 Å². The van der Waals surface area contributed by atoms with Gasteiger partial charge in [-0.1, -0.05) is 61.7 Å². The molecule has 6 rings (SSSR count). The highest BCUT2D eigenvalue weighted by molar-refractivity contribution is 5.85. The van der Waals surface area contributed by atoms with Crippen molar-refractivity contribution < 1.29 is 19.4 Å². The predicted molar refractivity (Wildman–Crippen MR) is 154 cm³/mol. The maximum atomic E-state index is 9.99.